The van der Waals surface area contributed by atoms with E-state index in [1.807, 2.05) is 6.92 Å². The molecule has 0 saturated heterocycles. The molecule has 92 valence electrons. The lowest BCUT2D eigenvalue weighted by molar-refractivity contribution is -0.138. The molecule has 1 aliphatic rings. The number of nitrogens with two attached hydrogens (primary N) is 1. The van der Waals surface area contributed by atoms with Crippen molar-refractivity contribution in [2.45, 2.75) is 44.7 Å². The maximum absolute atomic E-state index is 11.9. The maximum atomic E-state index is 11.9. The number of amides is 2. The number of carbonyl (C=O) groups is 2. The van der Waals surface area contributed by atoms with Gasteiger partial charge >= 0.3 is 0 Å². The van der Waals surface area contributed by atoms with E-state index in [0.29, 0.717) is 12.5 Å². The highest BCUT2D eigenvalue weighted by atomic mass is 16.2. The number of likely N-dealkylation sites (N-methyl/N-ethyl adjacent to an activating group) is 1. The van der Waals surface area contributed by atoms with Gasteiger partial charge < -0.3 is 16.0 Å². The molecule has 1 aliphatic carbocycles. The average Bonchev–Trinajstić information content (AvgIpc) is 3.00. The molecule has 0 aromatic carbocycles. The second-order valence-corrected chi connectivity index (χ2v) is 4.77. The van der Waals surface area contributed by atoms with E-state index in [9.17, 15) is 9.59 Å². The Bertz CT molecular complexity index is 285. The van der Waals surface area contributed by atoms with Crippen molar-refractivity contribution in [1.82, 2.24) is 10.2 Å². The molecule has 0 bridgehead atoms. The van der Waals surface area contributed by atoms with E-state index in [4.69, 9.17) is 5.73 Å². The summed E-state index contributed by atoms with van der Waals surface area (Å²) in [7, 11) is 1.61. The normalized spacial score (nSPS) is 18.8. The second-order valence-electron chi connectivity index (χ2n) is 4.77. The summed E-state index contributed by atoms with van der Waals surface area (Å²) in [4.78, 5) is 24.7. The van der Waals surface area contributed by atoms with Gasteiger partial charge in [-0.15, -0.1) is 0 Å². The van der Waals surface area contributed by atoms with Crippen LogP contribution >= 0.6 is 0 Å². The monoisotopic (exact) mass is 227 g/mol. The first-order chi connectivity index (χ1) is 7.36. The first-order valence-electron chi connectivity index (χ1n) is 5.70. The number of carbonyl (C=O) groups excluding carboxylic acids is 2. The van der Waals surface area contributed by atoms with Crippen LogP contribution in [-0.2, 0) is 9.59 Å². The fourth-order valence-electron chi connectivity index (χ4n) is 1.38. The van der Waals surface area contributed by atoms with Crippen LogP contribution in [0.4, 0.5) is 0 Å². The van der Waals surface area contributed by atoms with Crippen molar-refractivity contribution in [3.63, 3.8) is 0 Å². The molecule has 5 heteroatoms. The standard InChI is InChI=1S/C11H21N3O2/c1-4-11(2,12)10(16)14(3)7-9(15)13-8-5-6-8/h8H,4-7,12H2,1-3H3,(H,13,15). The molecule has 16 heavy (non-hydrogen) atoms. The Morgan fingerprint density at radius 2 is 2.06 bits per heavy atom. The Morgan fingerprint density at radius 1 is 1.50 bits per heavy atom. The van der Waals surface area contributed by atoms with Crippen LogP contribution < -0.4 is 11.1 Å². The van der Waals surface area contributed by atoms with E-state index in [-0.39, 0.29) is 18.4 Å². The quantitative estimate of drug-likeness (QED) is 0.686. The summed E-state index contributed by atoms with van der Waals surface area (Å²) in [5, 5.41) is 2.84. The lowest BCUT2D eigenvalue weighted by Gasteiger charge is -2.27. The minimum absolute atomic E-state index is 0.0854. The van der Waals surface area contributed by atoms with Crippen LogP contribution in [-0.4, -0.2) is 41.9 Å². The summed E-state index contributed by atoms with van der Waals surface area (Å²) in [6.45, 7) is 3.63. The van der Waals surface area contributed by atoms with E-state index >= 15 is 0 Å². The summed E-state index contributed by atoms with van der Waals surface area (Å²) >= 11 is 0. The van der Waals surface area contributed by atoms with Crippen molar-refractivity contribution >= 4 is 11.8 Å². The highest BCUT2D eigenvalue weighted by molar-refractivity contribution is 5.89. The van der Waals surface area contributed by atoms with Crippen LogP contribution in [0.1, 0.15) is 33.1 Å². The molecular formula is C11H21N3O2. The van der Waals surface area contributed by atoms with Gasteiger partial charge in [0.15, 0.2) is 0 Å². The zero-order valence-electron chi connectivity index (χ0n) is 10.2. The van der Waals surface area contributed by atoms with Gasteiger partial charge in [0.1, 0.15) is 0 Å². The van der Waals surface area contributed by atoms with E-state index in [2.05, 4.69) is 5.32 Å². The Morgan fingerprint density at radius 3 is 2.50 bits per heavy atom. The largest absolute Gasteiger partial charge is 0.352 e. The van der Waals surface area contributed by atoms with Crippen LogP contribution in [0.3, 0.4) is 0 Å². The molecule has 3 N–H and O–H groups in total. The van der Waals surface area contributed by atoms with Crippen molar-refractivity contribution in [1.29, 1.82) is 0 Å². The van der Waals surface area contributed by atoms with Crippen LogP contribution in [0.25, 0.3) is 0 Å². The summed E-state index contributed by atoms with van der Waals surface area (Å²) < 4.78 is 0. The van der Waals surface area contributed by atoms with Crippen LogP contribution in [0.5, 0.6) is 0 Å². The Hall–Kier alpha value is -1.10. The van der Waals surface area contributed by atoms with Crippen LogP contribution in [0.15, 0.2) is 0 Å². The van der Waals surface area contributed by atoms with Gasteiger partial charge in [0.2, 0.25) is 11.8 Å². The summed E-state index contributed by atoms with van der Waals surface area (Å²) in [5.74, 6) is -0.300. The third kappa shape index (κ3) is 3.48. The molecule has 2 amide bonds. The SMILES string of the molecule is CCC(C)(N)C(=O)N(C)CC(=O)NC1CC1. The second kappa shape index (κ2) is 4.82. The Kier molecular flexibility index (Phi) is 3.91. The maximum Gasteiger partial charge on any atom is 0.242 e. The Labute approximate surface area is 96.4 Å². The average molecular weight is 227 g/mol. The number of hydrogen-bond donors (Lipinski definition) is 2. The van der Waals surface area contributed by atoms with E-state index in [1.165, 1.54) is 4.90 Å². The fourth-order valence-corrected chi connectivity index (χ4v) is 1.38. The lowest BCUT2D eigenvalue weighted by Crippen LogP contribution is -2.53. The summed E-state index contributed by atoms with van der Waals surface area (Å²) in [6, 6.07) is 0.325. The minimum atomic E-state index is -0.880. The van der Waals surface area contributed by atoms with Gasteiger partial charge in [0, 0.05) is 13.1 Å². The minimum Gasteiger partial charge on any atom is -0.352 e. The molecule has 0 aromatic heterocycles. The molecular weight excluding hydrogens is 206 g/mol. The fraction of sp³-hybridized carbons (Fsp3) is 0.818. The predicted octanol–water partition coefficient (Wildman–Crippen LogP) is -0.149. The van der Waals surface area contributed by atoms with Crippen molar-refractivity contribution in [3.05, 3.63) is 0 Å². The first-order valence-corrected chi connectivity index (χ1v) is 5.70. The van der Waals surface area contributed by atoms with Gasteiger partial charge in [-0.25, -0.2) is 0 Å². The van der Waals surface area contributed by atoms with E-state index < -0.39 is 5.54 Å². The zero-order chi connectivity index (χ0) is 12.3. The number of nitrogens with zero attached hydrogens (tertiary/aromatic N) is 1. The summed E-state index contributed by atoms with van der Waals surface area (Å²) in [5.41, 5.74) is 4.95. The predicted molar refractivity (Wildman–Crippen MR) is 61.7 cm³/mol. The Balaban J connectivity index is 2.40. The topological polar surface area (TPSA) is 75.4 Å². The third-order valence-corrected chi connectivity index (χ3v) is 2.89. The van der Waals surface area contributed by atoms with E-state index in [1.54, 1.807) is 14.0 Å². The number of hydrogen-bond acceptors (Lipinski definition) is 3. The number of rotatable bonds is 5. The van der Waals surface area contributed by atoms with Gasteiger partial charge in [-0.1, -0.05) is 6.92 Å². The van der Waals surface area contributed by atoms with Crippen molar-refractivity contribution < 1.29 is 9.59 Å². The van der Waals surface area contributed by atoms with Crippen molar-refractivity contribution in [2.24, 2.45) is 5.73 Å². The zero-order valence-corrected chi connectivity index (χ0v) is 10.2. The van der Waals surface area contributed by atoms with Gasteiger partial charge in [0.05, 0.1) is 12.1 Å². The molecule has 0 radical (unpaired) electrons. The van der Waals surface area contributed by atoms with Crippen LogP contribution in [0, 0.1) is 0 Å². The molecule has 5 nitrogen and oxygen atoms in total. The molecule has 0 aromatic rings. The lowest BCUT2D eigenvalue weighted by atomic mass is 9.99. The highest BCUT2D eigenvalue weighted by Crippen LogP contribution is 2.18. The molecule has 1 fully saturated rings. The molecule has 1 atom stereocenters. The van der Waals surface area contributed by atoms with Crippen LogP contribution in [0.2, 0.25) is 0 Å². The smallest absolute Gasteiger partial charge is 0.242 e. The molecule has 0 aliphatic heterocycles. The molecule has 0 spiro atoms. The van der Waals surface area contributed by atoms with Crippen molar-refractivity contribution in [2.75, 3.05) is 13.6 Å². The third-order valence-electron chi connectivity index (χ3n) is 2.89. The molecule has 1 saturated carbocycles. The van der Waals surface area contributed by atoms with Gasteiger partial charge in [-0.3, -0.25) is 9.59 Å². The number of nitrogens with one attached hydrogen (secondary N) is 1. The van der Waals surface area contributed by atoms with E-state index in [0.717, 1.165) is 12.8 Å². The van der Waals surface area contributed by atoms with Gasteiger partial charge in [0.25, 0.3) is 0 Å². The highest BCUT2D eigenvalue weighted by Gasteiger charge is 2.31. The molecule has 1 unspecified atom stereocenters. The van der Waals surface area contributed by atoms with Crippen molar-refractivity contribution in [3.8, 4) is 0 Å². The van der Waals surface area contributed by atoms with Gasteiger partial charge in [-0.2, -0.15) is 0 Å². The van der Waals surface area contributed by atoms with Gasteiger partial charge in [-0.05, 0) is 26.2 Å². The first kappa shape index (κ1) is 13.0. The molecule has 1 rings (SSSR count). The summed E-state index contributed by atoms with van der Waals surface area (Å²) in [6.07, 6.45) is 2.65. The molecule has 0 heterocycles.